The lowest BCUT2D eigenvalue weighted by molar-refractivity contribution is 0.0696. The predicted molar refractivity (Wildman–Crippen MR) is 86.8 cm³/mol. The van der Waals surface area contributed by atoms with Gasteiger partial charge in [-0.1, -0.05) is 43.3 Å². The Morgan fingerprint density at radius 1 is 1.36 bits per heavy atom. The van der Waals surface area contributed by atoms with Gasteiger partial charge in [-0.25, -0.2) is 9.78 Å². The minimum atomic E-state index is -0.988. The number of carboxylic acid groups (broad SMARTS) is 1. The summed E-state index contributed by atoms with van der Waals surface area (Å²) in [5.74, 6) is -0.988. The van der Waals surface area contributed by atoms with Gasteiger partial charge in [-0.15, -0.1) is 0 Å². The largest absolute Gasteiger partial charge is 0.478 e. The van der Waals surface area contributed by atoms with Gasteiger partial charge in [-0.3, -0.25) is 4.79 Å². The van der Waals surface area contributed by atoms with Crippen LogP contribution in [0, 0.1) is 0 Å². The molecule has 0 saturated heterocycles. The molecule has 5 nitrogen and oxygen atoms in total. The summed E-state index contributed by atoms with van der Waals surface area (Å²) >= 11 is 1.39. The third-order valence-corrected chi connectivity index (χ3v) is 3.95. The van der Waals surface area contributed by atoms with Crippen molar-refractivity contribution in [3.05, 3.63) is 57.0 Å². The van der Waals surface area contributed by atoms with Crippen LogP contribution in [0.5, 0.6) is 0 Å². The molecule has 0 spiro atoms. The van der Waals surface area contributed by atoms with E-state index in [1.54, 1.807) is 24.3 Å². The van der Waals surface area contributed by atoms with Crippen LogP contribution in [0.15, 0.2) is 34.2 Å². The third kappa shape index (κ3) is 3.57. The summed E-state index contributed by atoms with van der Waals surface area (Å²) < 4.78 is 0. The Labute approximate surface area is 132 Å². The van der Waals surface area contributed by atoms with Gasteiger partial charge in [0.2, 0.25) is 0 Å². The zero-order valence-electron chi connectivity index (χ0n) is 12.5. The average molecular weight is 318 g/mol. The lowest BCUT2D eigenvalue weighted by atomic mass is 9.98. The summed E-state index contributed by atoms with van der Waals surface area (Å²) in [6.45, 7) is 2.02. The number of carbonyl (C=O) groups is 1. The summed E-state index contributed by atoms with van der Waals surface area (Å²) in [7, 11) is 0. The number of benzene rings is 1. The summed E-state index contributed by atoms with van der Waals surface area (Å²) in [6.07, 6.45) is 3.70. The van der Waals surface area contributed by atoms with E-state index in [4.69, 9.17) is 0 Å². The normalized spacial score (nSPS) is 10.6. The van der Waals surface area contributed by atoms with Crippen molar-refractivity contribution < 1.29 is 9.90 Å². The fourth-order valence-electron chi connectivity index (χ4n) is 2.32. The van der Waals surface area contributed by atoms with E-state index in [1.165, 1.54) is 11.8 Å². The number of nitrogens with zero attached hydrogens (tertiary/aromatic N) is 1. The van der Waals surface area contributed by atoms with E-state index >= 15 is 0 Å². The van der Waals surface area contributed by atoms with Crippen molar-refractivity contribution in [3.63, 3.8) is 0 Å². The van der Waals surface area contributed by atoms with Crippen molar-refractivity contribution in [2.75, 3.05) is 6.26 Å². The molecular formula is C16H18N2O3S. The Hall–Kier alpha value is -2.08. The van der Waals surface area contributed by atoms with Crippen molar-refractivity contribution >= 4 is 17.7 Å². The highest BCUT2D eigenvalue weighted by molar-refractivity contribution is 7.98. The van der Waals surface area contributed by atoms with Crippen LogP contribution in [0.25, 0.3) is 0 Å². The number of hydrogen-bond acceptors (Lipinski definition) is 4. The molecule has 0 radical (unpaired) electrons. The average Bonchev–Trinajstić information content (AvgIpc) is 2.50. The maximum absolute atomic E-state index is 12.3. The van der Waals surface area contributed by atoms with E-state index in [9.17, 15) is 14.7 Å². The van der Waals surface area contributed by atoms with Gasteiger partial charge in [0, 0.05) is 12.0 Å². The number of aromatic carboxylic acids is 1. The second-order valence-electron chi connectivity index (χ2n) is 4.89. The number of carboxylic acids is 1. The minimum Gasteiger partial charge on any atom is -0.478 e. The van der Waals surface area contributed by atoms with Gasteiger partial charge in [0.05, 0.1) is 11.3 Å². The Morgan fingerprint density at radius 3 is 2.73 bits per heavy atom. The second-order valence-corrected chi connectivity index (χ2v) is 5.68. The first-order valence-corrected chi connectivity index (χ1v) is 8.26. The van der Waals surface area contributed by atoms with Gasteiger partial charge < -0.3 is 10.1 Å². The van der Waals surface area contributed by atoms with E-state index in [-0.39, 0.29) is 17.5 Å². The summed E-state index contributed by atoms with van der Waals surface area (Å²) in [6, 6.07) is 6.74. The highest BCUT2D eigenvalue weighted by atomic mass is 32.2. The molecule has 0 amide bonds. The zero-order valence-corrected chi connectivity index (χ0v) is 13.4. The van der Waals surface area contributed by atoms with Gasteiger partial charge in [-0.05, 0) is 24.3 Å². The van der Waals surface area contributed by atoms with Crippen molar-refractivity contribution in [1.29, 1.82) is 0 Å². The minimum absolute atomic E-state index is 0.192. The first kappa shape index (κ1) is 16.3. The second kappa shape index (κ2) is 7.26. The summed E-state index contributed by atoms with van der Waals surface area (Å²) in [5.41, 5.74) is 1.95. The monoisotopic (exact) mass is 318 g/mol. The van der Waals surface area contributed by atoms with Gasteiger partial charge in [0.15, 0.2) is 5.16 Å². The molecular weight excluding hydrogens is 300 g/mol. The van der Waals surface area contributed by atoms with E-state index < -0.39 is 5.97 Å². The molecule has 0 unspecified atom stereocenters. The molecule has 2 N–H and O–H groups in total. The topological polar surface area (TPSA) is 83.0 Å². The zero-order chi connectivity index (χ0) is 16.1. The molecule has 1 aromatic carbocycles. The van der Waals surface area contributed by atoms with Gasteiger partial charge in [0.1, 0.15) is 0 Å². The van der Waals surface area contributed by atoms with E-state index in [0.29, 0.717) is 22.7 Å². The highest BCUT2D eigenvalue weighted by Gasteiger charge is 2.15. The lowest BCUT2D eigenvalue weighted by Gasteiger charge is -2.10. The van der Waals surface area contributed by atoms with E-state index in [0.717, 1.165) is 12.1 Å². The Bertz CT molecular complexity index is 740. The molecule has 0 fully saturated rings. The quantitative estimate of drug-likeness (QED) is 0.632. The van der Waals surface area contributed by atoms with Crippen molar-refractivity contribution in [2.24, 2.45) is 0 Å². The van der Waals surface area contributed by atoms with Crippen LogP contribution in [0.4, 0.5) is 0 Å². The number of aryl methyl sites for hydroxylation is 1. The van der Waals surface area contributed by atoms with Crippen molar-refractivity contribution in [3.8, 4) is 0 Å². The number of hydrogen-bond donors (Lipinski definition) is 2. The lowest BCUT2D eigenvalue weighted by Crippen LogP contribution is -2.20. The number of rotatable bonds is 6. The number of thioether (sulfide) groups is 1. The van der Waals surface area contributed by atoms with Crippen LogP contribution in [0.2, 0.25) is 0 Å². The van der Waals surface area contributed by atoms with Crippen molar-refractivity contribution in [2.45, 2.75) is 31.3 Å². The smallest absolute Gasteiger partial charge is 0.335 e. The first-order valence-electron chi connectivity index (χ1n) is 7.04. The van der Waals surface area contributed by atoms with Crippen LogP contribution in [0.3, 0.4) is 0 Å². The molecule has 1 heterocycles. The molecule has 0 bridgehead atoms. The summed E-state index contributed by atoms with van der Waals surface area (Å²) in [5, 5.41) is 9.85. The molecule has 0 aliphatic carbocycles. The van der Waals surface area contributed by atoms with Crippen LogP contribution in [-0.2, 0) is 12.8 Å². The molecule has 2 rings (SSSR count). The number of aromatic amines is 1. The Balaban J connectivity index is 2.49. The molecule has 0 atom stereocenters. The molecule has 6 heteroatoms. The van der Waals surface area contributed by atoms with Gasteiger partial charge in [-0.2, -0.15) is 0 Å². The number of H-pyrrole nitrogens is 1. The Morgan fingerprint density at radius 2 is 2.09 bits per heavy atom. The van der Waals surface area contributed by atoms with Crippen LogP contribution < -0.4 is 5.56 Å². The fraction of sp³-hybridized carbons (Fsp3) is 0.312. The SMILES string of the molecule is CCCc1nc(SC)[nH]c(=O)c1Cc1ccccc1C(=O)O. The molecule has 0 saturated carbocycles. The van der Waals surface area contributed by atoms with E-state index in [1.807, 2.05) is 13.2 Å². The van der Waals surface area contributed by atoms with Crippen LogP contribution in [0.1, 0.15) is 40.5 Å². The van der Waals surface area contributed by atoms with Crippen molar-refractivity contribution in [1.82, 2.24) is 9.97 Å². The standard InChI is InChI=1S/C16H18N2O3S/c1-3-6-13-12(14(19)18-16(17-13)22-2)9-10-7-4-5-8-11(10)15(20)21/h4-5,7-8H,3,6,9H2,1-2H3,(H,20,21)(H,17,18,19). The molecule has 0 aliphatic rings. The molecule has 2 aromatic rings. The molecule has 22 heavy (non-hydrogen) atoms. The summed E-state index contributed by atoms with van der Waals surface area (Å²) in [4.78, 5) is 30.8. The number of aromatic nitrogens is 2. The fourth-order valence-corrected chi connectivity index (χ4v) is 2.71. The first-order chi connectivity index (χ1) is 10.6. The number of nitrogens with one attached hydrogen (secondary N) is 1. The predicted octanol–water partition coefficient (Wildman–Crippen LogP) is 2.73. The molecule has 0 aliphatic heterocycles. The molecule has 1 aromatic heterocycles. The van der Waals surface area contributed by atoms with Crippen LogP contribution in [-0.4, -0.2) is 27.3 Å². The van der Waals surface area contributed by atoms with E-state index in [2.05, 4.69) is 9.97 Å². The molecule has 116 valence electrons. The Kier molecular flexibility index (Phi) is 5.38. The maximum Gasteiger partial charge on any atom is 0.335 e. The highest BCUT2D eigenvalue weighted by Crippen LogP contribution is 2.17. The van der Waals surface area contributed by atoms with Gasteiger partial charge in [0.25, 0.3) is 5.56 Å². The van der Waals surface area contributed by atoms with Crippen LogP contribution >= 0.6 is 11.8 Å². The third-order valence-electron chi connectivity index (χ3n) is 3.37. The maximum atomic E-state index is 12.3. The van der Waals surface area contributed by atoms with Gasteiger partial charge >= 0.3 is 5.97 Å².